The number of anilines is 1. The zero-order valence-electron chi connectivity index (χ0n) is 12.4. The lowest BCUT2D eigenvalue weighted by atomic mass is 10.1. The number of rotatable bonds is 6. The highest BCUT2D eigenvalue weighted by Crippen LogP contribution is 2.19. The summed E-state index contributed by atoms with van der Waals surface area (Å²) in [5, 5.41) is 2.98. The van der Waals surface area contributed by atoms with E-state index in [1.807, 2.05) is 33.2 Å². The number of aryl methyl sites for hydroxylation is 1. The smallest absolute Gasteiger partial charge is 0.224 e. The average molecular weight is 263 g/mol. The summed E-state index contributed by atoms with van der Waals surface area (Å²) in [6, 6.07) is 6.16. The molecule has 0 aliphatic heterocycles. The van der Waals surface area contributed by atoms with Crippen LogP contribution in [0.15, 0.2) is 18.2 Å². The molecule has 4 nitrogen and oxygen atoms in total. The SMILES string of the molecule is Cc1ccc(NC(=O)CCC(C)N)c(CN(C)C)c1. The van der Waals surface area contributed by atoms with E-state index in [1.54, 1.807) is 0 Å². The van der Waals surface area contributed by atoms with E-state index >= 15 is 0 Å². The molecular weight excluding hydrogens is 238 g/mol. The summed E-state index contributed by atoms with van der Waals surface area (Å²) in [5.74, 6) is 0.0289. The number of carbonyl (C=O) groups is 1. The van der Waals surface area contributed by atoms with Crippen molar-refractivity contribution >= 4 is 11.6 Å². The third kappa shape index (κ3) is 5.85. The lowest BCUT2D eigenvalue weighted by molar-refractivity contribution is -0.116. The molecule has 0 bridgehead atoms. The molecular formula is C15H25N3O. The van der Waals surface area contributed by atoms with Gasteiger partial charge in [0.25, 0.3) is 0 Å². The Morgan fingerprint density at radius 2 is 2.11 bits per heavy atom. The summed E-state index contributed by atoms with van der Waals surface area (Å²) in [7, 11) is 4.04. The number of nitrogens with two attached hydrogens (primary N) is 1. The van der Waals surface area contributed by atoms with Gasteiger partial charge in [0, 0.05) is 24.7 Å². The lowest BCUT2D eigenvalue weighted by Gasteiger charge is -2.16. The van der Waals surface area contributed by atoms with Crippen molar-refractivity contribution in [3.63, 3.8) is 0 Å². The second kappa shape index (κ2) is 7.26. The first-order valence-corrected chi connectivity index (χ1v) is 6.68. The first-order valence-electron chi connectivity index (χ1n) is 6.68. The highest BCUT2D eigenvalue weighted by atomic mass is 16.1. The van der Waals surface area contributed by atoms with Crippen molar-refractivity contribution in [2.24, 2.45) is 5.73 Å². The molecule has 106 valence electrons. The highest BCUT2D eigenvalue weighted by molar-refractivity contribution is 5.91. The van der Waals surface area contributed by atoms with Crippen molar-refractivity contribution in [1.82, 2.24) is 4.90 Å². The van der Waals surface area contributed by atoms with Gasteiger partial charge in [-0.3, -0.25) is 4.79 Å². The topological polar surface area (TPSA) is 58.4 Å². The van der Waals surface area contributed by atoms with Gasteiger partial charge in [0.1, 0.15) is 0 Å². The molecule has 3 N–H and O–H groups in total. The number of nitrogens with one attached hydrogen (secondary N) is 1. The summed E-state index contributed by atoms with van der Waals surface area (Å²) in [6.07, 6.45) is 1.17. The van der Waals surface area contributed by atoms with E-state index in [9.17, 15) is 4.79 Å². The molecule has 0 aliphatic carbocycles. The van der Waals surface area contributed by atoms with Crippen molar-refractivity contribution in [3.8, 4) is 0 Å². The van der Waals surface area contributed by atoms with E-state index in [0.29, 0.717) is 12.8 Å². The predicted octanol–water partition coefficient (Wildman–Crippen LogP) is 2.12. The fraction of sp³-hybridized carbons (Fsp3) is 0.533. The van der Waals surface area contributed by atoms with Crippen LogP contribution in [-0.4, -0.2) is 30.9 Å². The van der Waals surface area contributed by atoms with Crippen molar-refractivity contribution in [1.29, 1.82) is 0 Å². The number of hydrogen-bond acceptors (Lipinski definition) is 3. The highest BCUT2D eigenvalue weighted by Gasteiger charge is 2.09. The molecule has 19 heavy (non-hydrogen) atoms. The van der Waals surface area contributed by atoms with Crippen molar-refractivity contribution < 1.29 is 4.79 Å². The van der Waals surface area contributed by atoms with E-state index in [4.69, 9.17) is 5.73 Å². The number of hydrogen-bond donors (Lipinski definition) is 2. The van der Waals surface area contributed by atoms with E-state index in [0.717, 1.165) is 17.8 Å². The second-order valence-corrected chi connectivity index (χ2v) is 5.46. The molecule has 1 atom stereocenters. The van der Waals surface area contributed by atoms with Crippen LogP contribution in [0.4, 0.5) is 5.69 Å². The maximum atomic E-state index is 11.9. The Labute approximate surface area is 116 Å². The quantitative estimate of drug-likeness (QED) is 0.826. The zero-order valence-corrected chi connectivity index (χ0v) is 12.4. The van der Waals surface area contributed by atoms with Crippen LogP contribution in [0.2, 0.25) is 0 Å². The molecule has 0 saturated heterocycles. The minimum Gasteiger partial charge on any atom is -0.328 e. The van der Waals surface area contributed by atoms with Gasteiger partial charge >= 0.3 is 0 Å². The molecule has 4 heteroatoms. The fourth-order valence-electron chi connectivity index (χ4n) is 1.89. The summed E-state index contributed by atoms with van der Waals surface area (Å²) >= 11 is 0. The van der Waals surface area contributed by atoms with Crippen LogP contribution in [0.5, 0.6) is 0 Å². The third-order valence-electron chi connectivity index (χ3n) is 2.85. The van der Waals surface area contributed by atoms with Gasteiger partial charge in [-0.05, 0) is 46.0 Å². The van der Waals surface area contributed by atoms with Crippen molar-refractivity contribution in [3.05, 3.63) is 29.3 Å². The Morgan fingerprint density at radius 3 is 2.68 bits per heavy atom. The molecule has 0 saturated carbocycles. The van der Waals surface area contributed by atoms with Gasteiger partial charge in [-0.2, -0.15) is 0 Å². The molecule has 1 rings (SSSR count). The molecule has 0 heterocycles. The number of nitrogens with zero attached hydrogens (tertiary/aromatic N) is 1. The largest absolute Gasteiger partial charge is 0.328 e. The fourth-order valence-corrected chi connectivity index (χ4v) is 1.89. The van der Waals surface area contributed by atoms with E-state index in [-0.39, 0.29) is 11.9 Å². The average Bonchev–Trinajstić information content (AvgIpc) is 2.29. The number of benzene rings is 1. The Bertz CT molecular complexity index is 427. The molecule has 0 spiro atoms. The molecule has 1 unspecified atom stereocenters. The predicted molar refractivity (Wildman–Crippen MR) is 80.1 cm³/mol. The molecule has 0 fully saturated rings. The minimum atomic E-state index is 0.0289. The van der Waals surface area contributed by atoms with Crippen LogP contribution in [-0.2, 0) is 11.3 Å². The lowest BCUT2D eigenvalue weighted by Crippen LogP contribution is -2.20. The Morgan fingerprint density at radius 1 is 1.42 bits per heavy atom. The first-order chi connectivity index (χ1) is 8.88. The Kier molecular flexibility index (Phi) is 5.99. The van der Waals surface area contributed by atoms with Crippen LogP contribution >= 0.6 is 0 Å². The van der Waals surface area contributed by atoms with Crippen LogP contribution < -0.4 is 11.1 Å². The standard InChI is InChI=1S/C15H25N3O/c1-11-5-7-14(13(9-11)10-18(3)4)17-15(19)8-6-12(2)16/h5,7,9,12H,6,8,10,16H2,1-4H3,(H,17,19). The minimum absolute atomic E-state index is 0.0289. The van der Waals surface area contributed by atoms with Gasteiger partial charge in [0.2, 0.25) is 5.91 Å². The maximum absolute atomic E-state index is 11.9. The molecule has 1 amide bonds. The van der Waals surface area contributed by atoms with Crippen LogP contribution in [0, 0.1) is 6.92 Å². The van der Waals surface area contributed by atoms with Crippen molar-refractivity contribution in [2.45, 2.75) is 39.3 Å². The summed E-state index contributed by atoms with van der Waals surface area (Å²) in [6.45, 7) is 4.78. The second-order valence-electron chi connectivity index (χ2n) is 5.46. The maximum Gasteiger partial charge on any atom is 0.224 e. The van der Waals surface area contributed by atoms with Crippen molar-refractivity contribution in [2.75, 3.05) is 19.4 Å². The van der Waals surface area contributed by atoms with Gasteiger partial charge in [0.05, 0.1) is 0 Å². The van der Waals surface area contributed by atoms with Gasteiger partial charge < -0.3 is 16.0 Å². The molecule has 1 aromatic rings. The van der Waals surface area contributed by atoms with Gasteiger partial charge in [-0.1, -0.05) is 17.7 Å². The molecule has 1 aromatic carbocycles. The summed E-state index contributed by atoms with van der Waals surface area (Å²) in [4.78, 5) is 13.9. The zero-order chi connectivity index (χ0) is 14.4. The number of amides is 1. The Balaban J connectivity index is 2.73. The van der Waals surface area contributed by atoms with E-state index in [2.05, 4.69) is 23.2 Å². The van der Waals surface area contributed by atoms with Crippen LogP contribution in [0.25, 0.3) is 0 Å². The third-order valence-corrected chi connectivity index (χ3v) is 2.85. The van der Waals surface area contributed by atoms with E-state index in [1.165, 1.54) is 5.56 Å². The molecule has 0 radical (unpaired) electrons. The van der Waals surface area contributed by atoms with Gasteiger partial charge in [-0.25, -0.2) is 0 Å². The van der Waals surface area contributed by atoms with Gasteiger partial charge in [0.15, 0.2) is 0 Å². The first kappa shape index (κ1) is 15.7. The Hall–Kier alpha value is -1.39. The molecule has 0 aromatic heterocycles. The van der Waals surface area contributed by atoms with Crippen LogP contribution in [0.3, 0.4) is 0 Å². The van der Waals surface area contributed by atoms with E-state index < -0.39 is 0 Å². The monoisotopic (exact) mass is 263 g/mol. The normalized spacial score (nSPS) is 12.5. The van der Waals surface area contributed by atoms with Crippen LogP contribution in [0.1, 0.15) is 30.9 Å². The summed E-state index contributed by atoms with van der Waals surface area (Å²) < 4.78 is 0. The molecule has 0 aliphatic rings. The summed E-state index contributed by atoms with van der Waals surface area (Å²) in [5.41, 5.74) is 8.90. The number of carbonyl (C=O) groups excluding carboxylic acids is 1. The van der Waals surface area contributed by atoms with Gasteiger partial charge in [-0.15, -0.1) is 0 Å².